The Labute approximate surface area is 27.8 Å². The molecule has 0 spiro atoms. The molecule has 0 aliphatic heterocycles. The number of rotatable bonds is 1. The quantitative estimate of drug-likeness (QED) is 0.356. The molecule has 2 heteroatoms. The SMILES string of the molecule is B=BC=C. The Hall–Kier alpha value is -0.130. The summed E-state index contributed by atoms with van der Waals surface area (Å²) in [6.07, 6.45) is 0. The van der Waals surface area contributed by atoms with Crippen molar-refractivity contribution in [3.05, 3.63) is 12.6 Å². The van der Waals surface area contributed by atoms with Crippen LogP contribution in [-0.2, 0) is 0 Å². The minimum absolute atomic E-state index is 1.64. The van der Waals surface area contributed by atoms with Gasteiger partial charge < -0.3 is 0 Å². The van der Waals surface area contributed by atoms with Crippen molar-refractivity contribution < 1.29 is 0 Å². The van der Waals surface area contributed by atoms with Gasteiger partial charge in [0, 0.05) is 0 Å². The fourth-order valence-corrected chi connectivity index (χ4v) is 0. The standard InChI is InChI=1S/C2H4B2/c1-2-4-3/h2-3H,1H2. The second-order valence-corrected chi connectivity index (χ2v) is 0.471. The van der Waals surface area contributed by atoms with Crippen molar-refractivity contribution in [3.8, 4) is 0 Å². The van der Waals surface area contributed by atoms with Gasteiger partial charge in [0.05, 0.1) is 0 Å². The molecule has 0 aromatic carbocycles. The average molecular weight is 49.7 g/mol. The first kappa shape index (κ1) is 3.87. The molecule has 0 fully saturated rings. The van der Waals surface area contributed by atoms with Crippen LogP contribution < -0.4 is 0 Å². The molecule has 0 saturated heterocycles. The summed E-state index contributed by atoms with van der Waals surface area (Å²) >= 11 is 0. The average Bonchev–Trinajstić information content (AvgIpc) is 1.37. The third-order valence-corrected chi connectivity index (χ3v) is 0.167. The summed E-state index contributed by atoms with van der Waals surface area (Å²) in [7, 11) is 3.36. The predicted octanol–water partition coefficient (Wildman–Crippen LogP) is -0.350. The Bertz CT molecular complexity index is 25.0. The molecule has 0 aliphatic carbocycles. The van der Waals surface area contributed by atoms with Crippen LogP contribution in [0.4, 0.5) is 0 Å². The molecule has 0 atom stereocenters. The maximum absolute atomic E-state index is 3.36. The van der Waals surface area contributed by atoms with E-state index in [0.717, 1.165) is 0 Å². The Morgan fingerprint density at radius 2 is 2.25 bits per heavy atom. The third kappa shape index (κ3) is 1.87. The van der Waals surface area contributed by atoms with Gasteiger partial charge in [-0.25, -0.2) is 0 Å². The maximum atomic E-state index is 3.36. The van der Waals surface area contributed by atoms with E-state index in [1.54, 1.807) is 12.8 Å². The summed E-state index contributed by atoms with van der Waals surface area (Å²) in [6.45, 7) is 5.00. The molecule has 0 amide bonds. The molecule has 18 valence electrons. The van der Waals surface area contributed by atoms with Crippen LogP contribution in [-0.4, -0.2) is 14.2 Å². The first-order valence-corrected chi connectivity index (χ1v) is 1.15. The van der Waals surface area contributed by atoms with E-state index in [1.807, 2.05) is 0 Å². The number of hydrogen-bond acceptors (Lipinski definition) is 0. The fraction of sp³-hybridized carbons (Fsp3) is 0. The molecular weight excluding hydrogens is 45.6 g/mol. The van der Waals surface area contributed by atoms with Gasteiger partial charge in [0.15, 0.2) is 0 Å². The summed E-state index contributed by atoms with van der Waals surface area (Å²) in [6, 6.07) is 0. The molecule has 0 aromatic rings. The summed E-state index contributed by atoms with van der Waals surface area (Å²) < 4.78 is 0. The van der Waals surface area contributed by atoms with Gasteiger partial charge in [0.25, 0.3) is 0 Å². The van der Waals surface area contributed by atoms with Crippen LogP contribution in [0.2, 0.25) is 0 Å². The van der Waals surface area contributed by atoms with Crippen molar-refractivity contribution in [3.63, 3.8) is 0 Å². The van der Waals surface area contributed by atoms with Gasteiger partial charge in [-0.2, -0.15) is 0 Å². The van der Waals surface area contributed by atoms with E-state index in [2.05, 4.69) is 13.9 Å². The van der Waals surface area contributed by atoms with E-state index in [0.29, 0.717) is 0 Å². The number of hydrogen-bond donors (Lipinski definition) is 0. The van der Waals surface area contributed by atoms with Crippen LogP contribution in [0.3, 0.4) is 0 Å². The zero-order chi connectivity index (χ0) is 3.41. The minimum atomic E-state index is 1.64. The van der Waals surface area contributed by atoms with E-state index in [4.69, 9.17) is 0 Å². The third-order valence-electron chi connectivity index (χ3n) is 0.167. The van der Waals surface area contributed by atoms with Crippen LogP contribution in [0.1, 0.15) is 0 Å². The van der Waals surface area contributed by atoms with E-state index in [-0.39, 0.29) is 0 Å². The van der Waals surface area contributed by atoms with E-state index in [9.17, 15) is 0 Å². The molecule has 0 aliphatic rings. The summed E-state index contributed by atoms with van der Waals surface area (Å²) in [5, 5.41) is 0. The zero-order valence-electron chi connectivity index (χ0n) is 2.57. The van der Waals surface area contributed by atoms with Crippen LogP contribution in [0, 0.1) is 0 Å². The molecular formula is C2H4B2. The molecule has 0 radical (unpaired) electrons. The van der Waals surface area contributed by atoms with Crippen LogP contribution in [0.5, 0.6) is 0 Å². The molecule has 0 nitrogen and oxygen atoms in total. The van der Waals surface area contributed by atoms with Crippen molar-refractivity contribution >= 4 is 14.2 Å². The fourth-order valence-electron chi connectivity index (χ4n) is 0. The first-order chi connectivity index (χ1) is 1.91. The van der Waals surface area contributed by atoms with Gasteiger partial charge in [0.2, 0.25) is 0 Å². The zero-order valence-corrected chi connectivity index (χ0v) is 2.57. The molecule has 0 rings (SSSR count). The topological polar surface area (TPSA) is 0 Å². The van der Waals surface area contributed by atoms with Crippen molar-refractivity contribution in [1.29, 1.82) is 0 Å². The van der Waals surface area contributed by atoms with Crippen LogP contribution in [0.25, 0.3) is 0 Å². The van der Waals surface area contributed by atoms with Gasteiger partial charge in [-0.3, -0.25) is 0 Å². The molecule has 0 unspecified atom stereocenters. The summed E-state index contributed by atoms with van der Waals surface area (Å²) in [5.74, 6) is 1.64. The van der Waals surface area contributed by atoms with E-state index in [1.165, 1.54) is 0 Å². The first-order valence-electron chi connectivity index (χ1n) is 1.15. The van der Waals surface area contributed by atoms with Crippen LogP contribution >= 0.6 is 0 Å². The Morgan fingerprint density at radius 3 is 2.25 bits per heavy atom. The van der Waals surface area contributed by atoms with Crippen LogP contribution in [0.15, 0.2) is 12.6 Å². The van der Waals surface area contributed by atoms with Crippen molar-refractivity contribution in [2.45, 2.75) is 0 Å². The van der Waals surface area contributed by atoms with Gasteiger partial charge in [-0.1, -0.05) is 0 Å². The van der Waals surface area contributed by atoms with Gasteiger partial charge in [-0.05, 0) is 0 Å². The molecule has 0 aromatic heterocycles. The predicted molar refractivity (Wildman–Crippen MR) is 23.1 cm³/mol. The molecule has 4 heavy (non-hydrogen) atoms. The molecule has 0 N–H and O–H groups in total. The molecule has 0 heterocycles. The Morgan fingerprint density at radius 1 is 2.00 bits per heavy atom. The van der Waals surface area contributed by atoms with Crippen molar-refractivity contribution in [2.75, 3.05) is 0 Å². The van der Waals surface area contributed by atoms with Gasteiger partial charge in [-0.15, -0.1) is 0 Å². The second-order valence-electron chi connectivity index (χ2n) is 0.471. The summed E-state index contributed by atoms with van der Waals surface area (Å²) in [5.41, 5.74) is 0. The van der Waals surface area contributed by atoms with Gasteiger partial charge >= 0.3 is 26.7 Å². The van der Waals surface area contributed by atoms with E-state index >= 15 is 0 Å². The summed E-state index contributed by atoms with van der Waals surface area (Å²) in [4.78, 5) is 0. The Balaban J connectivity index is 2.73. The Kier molecular flexibility index (Phi) is 2.78. The molecule has 0 bridgehead atoms. The van der Waals surface area contributed by atoms with Crippen molar-refractivity contribution in [1.82, 2.24) is 0 Å². The molecule has 0 saturated carbocycles. The van der Waals surface area contributed by atoms with Gasteiger partial charge in [0.1, 0.15) is 0 Å². The second kappa shape index (κ2) is 2.87. The van der Waals surface area contributed by atoms with Crippen molar-refractivity contribution in [2.24, 2.45) is 0 Å². The van der Waals surface area contributed by atoms with E-state index < -0.39 is 0 Å². The normalized spacial score (nSPS) is 3.75. The monoisotopic (exact) mass is 50.0 g/mol.